The molecule has 1 saturated heterocycles. The van der Waals surface area contributed by atoms with Crippen molar-refractivity contribution in [1.82, 2.24) is 15.0 Å². The van der Waals surface area contributed by atoms with Crippen LogP contribution in [0.25, 0.3) is 0 Å². The number of aromatic nitrogens is 2. The second kappa shape index (κ2) is 4.96. The molecule has 88 valence electrons. The second-order valence-electron chi connectivity index (χ2n) is 3.94. The van der Waals surface area contributed by atoms with Gasteiger partial charge in [-0.1, -0.05) is 5.16 Å². The highest BCUT2D eigenvalue weighted by atomic mass is 16.5. The molecule has 1 fully saturated rings. The summed E-state index contributed by atoms with van der Waals surface area (Å²) in [5.74, 6) is 0.656. The van der Waals surface area contributed by atoms with Gasteiger partial charge in [-0.3, -0.25) is 4.79 Å². The van der Waals surface area contributed by atoms with Crippen LogP contribution in [0.4, 0.5) is 6.01 Å². The molecule has 0 aliphatic carbocycles. The molecule has 2 heterocycles. The number of anilines is 1. The molecule has 0 spiro atoms. The first kappa shape index (κ1) is 10.9. The molecule has 1 N–H and O–H groups in total. The van der Waals surface area contributed by atoms with Gasteiger partial charge in [0.05, 0.1) is 6.54 Å². The number of nitrogens with one attached hydrogen (secondary N) is 1. The lowest BCUT2D eigenvalue weighted by atomic mass is 10.1. The molecule has 6 heteroatoms. The zero-order valence-corrected chi connectivity index (χ0v) is 9.40. The first-order valence-corrected chi connectivity index (χ1v) is 5.57. The molecule has 0 bridgehead atoms. The maximum absolute atomic E-state index is 11.8. The number of amides is 1. The van der Waals surface area contributed by atoms with Gasteiger partial charge in [-0.25, -0.2) is 0 Å². The zero-order chi connectivity index (χ0) is 11.4. The number of piperidine rings is 1. The van der Waals surface area contributed by atoms with Crippen molar-refractivity contribution in [3.63, 3.8) is 0 Å². The minimum atomic E-state index is 0.0931. The van der Waals surface area contributed by atoms with Crippen LogP contribution in [0, 0.1) is 6.92 Å². The van der Waals surface area contributed by atoms with E-state index in [2.05, 4.69) is 15.5 Å². The Hall–Kier alpha value is -1.59. The summed E-state index contributed by atoms with van der Waals surface area (Å²) in [6.07, 6.45) is 3.43. The predicted molar refractivity (Wildman–Crippen MR) is 58.0 cm³/mol. The smallest absolute Gasteiger partial charge is 0.321 e. The van der Waals surface area contributed by atoms with Crippen LogP contribution in [-0.2, 0) is 4.79 Å². The van der Waals surface area contributed by atoms with E-state index < -0.39 is 0 Å². The number of rotatable bonds is 3. The van der Waals surface area contributed by atoms with Gasteiger partial charge in [0.15, 0.2) is 5.82 Å². The van der Waals surface area contributed by atoms with Gasteiger partial charge in [0.2, 0.25) is 5.91 Å². The van der Waals surface area contributed by atoms with Gasteiger partial charge in [0.25, 0.3) is 0 Å². The van der Waals surface area contributed by atoms with Crippen molar-refractivity contribution < 1.29 is 9.32 Å². The zero-order valence-electron chi connectivity index (χ0n) is 9.40. The van der Waals surface area contributed by atoms with Crippen LogP contribution in [0.3, 0.4) is 0 Å². The summed E-state index contributed by atoms with van der Waals surface area (Å²) in [6, 6.07) is 0.308. The number of hydrogen-bond acceptors (Lipinski definition) is 5. The van der Waals surface area contributed by atoms with Crippen molar-refractivity contribution in [1.29, 1.82) is 0 Å². The Morgan fingerprint density at radius 1 is 1.44 bits per heavy atom. The molecule has 6 nitrogen and oxygen atoms in total. The van der Waals surface area contributed by atoms with E-state index >= 15 is 0 Å². The largest absolute Gasteiger partial charge is 0.341 e. The fraction of sp³-hybridized carbons (Fsp3) is 0.700. The number of carbonyl (C=O) groups excluding carboxylic acids is 1. The van der Waals surface area contributed by atoms with E-state index in [0.29, 0.717) is 11.8 Å². The summed E-state index contributed by atoms with van der Waals surface area (Å²) in [4.78, 5) is 17.6. The Bertz CT molecular complexity index is 357. The van der Waals surface area contributed by atoms with Gasteiger partial charge in [0, 0.05) is 13.1 Å². The molecule has 1 aliphatic heterocycles. The molecule has 0 unspecified atom stereocenters. The van der Waals surface area contributed by atoms with Gasteiger partial charge in [-0.05, 0) is 26.2 Å². The van der Waals surface area contributed by atoms with Crippen molar-refractivity contribution in [3.05, 3.63) is 5.82 Å². The number of hydrogen-bond donors (Lipinski definition) is 1. The number of nitrogens with zero attached hydrogens (tertiary/aromatic N) is 3. The van der Waals surface area contributed by atoms with Gasteiger partial charge in [-0.15, -0.1) is 0 Å². The van der Waals surface area contributed by atoms with E-state index in [1.165, 1.54) is 6.42 Å². The third-order valence-electron chi connectivity index (χ3n) is 2.63. The fourth-order valence-corrected chi connectivity index (χ4v) is 1.78. The summed E-state index contributed by atoms with van der Waals surface area (Å²) in [7, 11) is 0. The summed E-state index contributed by atoms with van der Waals surface area (Å²) in [6.45, 7) is 3.69. The third-order valence-corrected chi connectivity index (χ3v) is 2.63. The molecule has 2 rings (SSSR count). The maximum Gasteiger partial charge on any atom is 0.321 e. The standard InChI is InChI=1S/C10H16N4O2/c1-8-12-10(16-13-8)11-7-9(15)14-5-3-2-4-6-14/h2-7H2,1H3,(H,11,12,13). The van der Waals surface area contributed by atoms with Crippen molar-refractivity contribution >= 4 is 11.9 Å². The Kier molecular flexibility index (Phi) is 3.38. The van der Waals surface area contributed by atoms with E-state index in [9.17, 15) is 4.79 Å². The maximum atomic E-state index is 11.8. The molecule has 16 heavy (non-hydrogen) atoms. The van der Waals surface area contributed by atoms with Crippen LogP contribution in [0.5, 0.6) is 0 Å². The van der Waals surface area contributed by atoms with Crippen molar-refractivity contribution in [2.24, 2.45) is 0 Å². The quantitative estimate of drug-likeness (QED) is 0.822. The average molecular weight is 224 g/mol. The van der Waals surface area contributed by atoms with Crippen LogP contribution in [0.15, 0.2) is 4.52 Å². The van der Waals surface area contributed by atoms with Gasteiger partial charge < -0.3 is 14.7 Å². The van der Waals surface area contributed by atoms with Crippen molar-refractivity contribution in [2.75, 3.05) is 25.0 Å². The van der Waals surface area contributed by atoms with Gasteiger partial charge in [-0.2, -0.15) is 4.98 Å². The molecule has 0 aromatic carbocycles. The van der Waals surface area contributed by atoms with E-state index in [0.717, 1.165) is 25.9 Å². The van der Waals surface area contributed by atoms with Crippen LogP contribution < -0.4 is 5.32 Å². The van der Waals surface area contributed by atoms with Crippen molar-refractivity contribution in [3.8, 4) is 0 Å². The first-order valence-electron chi connectivity index (χ1n) is 5.57. The first-order chi connectivity index (χ1) is 7.75. The molecular formula is C10H16N4O2. The molecule has 0 radical (unpaired) electrons. The van der Waals surface area contributed by atoms with Crippen LogP contribution in [-0.4, -0.2) is 40.6 Å². The lowest BCUT2D eigenvalue weighted by Gasteiger charge is -2.26. The topological polar surface area (TPSA) is 71.3 Å². The minimum Gasteiger partial charge on any atom is -0.341 e. The summed E-state index contributed by atoms with van der Waals surface area (Å²) in [5.41, 5.74) is 0. The Balaban J connectivity index is 1.78. The minimum absolute atomic E-state index is 0.0931. The fourth-order valence-electron chi connectivity index (χ4n) is 1.78. The summed E-state index contributed by atoms with van der Waals surface area (Å²) < 4.78 is 4.86. The normalized spacial score (nSPS) is 16.2. The molecule has 1 aliphatic rings. The molecule has 1 amide bonds. The molecule has 0 saturated carbocycles. The summed E-state index contributed by atoms with van der Waals surface area (Å²) >= 11 is 0. The molecule has 0 atom stereocenters. The van der Waals surface area contributed by atoms with Crippen molar-refractivity contribution in [2.45, 2.75) is 26.2 Å². The highest BCUT2D eigenvalue weighted by Crippen LogP contribution is 2.09. The predicted octanol–water partition coefficient (Wildman–Crippen LogP) is 0.802. The summed E-state index contributed by atoms with van der Waals surface area (Å²) in [5, 5.41) is 6.46. The molecule has 1 aromatic heterocycles. The van der Waals surface area contributed by atoms with Crippen LogP contribution >= 0.6 is 0 Å². The van der Waals surface area contributed by atoms with Gasteiger partial charge >= 0.3 is 6.01 Å². The molecular weight excluding hydrogens is 208 g/mol. The second-order valence-corrected chi connectivity index (χ2v) is 3.94. The Labute approximate surface area is 94.0 Å². The van der Waals surface area contributed by atoms with E-state index in [4.69, 9.17) is 4.52 Å². The molecule has 1 aromatic rings. The number of aryl methyl sites for hydroxylation is 1. The highest BCUT2D eigenvalue weighted by molar-refractivity contribution is 5.80. The van der Waals surface area contributed by atoms with Crippen LogP contribution in [0.1, 0.15) is 25.1 Å². The van der Waals surface area contributed by atoms with E-state index in [1.807, 2.05) is 4.90 Å². The average Bonchev–Trinajstić information content (AvgIpc) is 2.73. The number of likely N-dealkylation sites (tertiary alicyclic amines) is 1. The SMILES string of the molecule is Cc1noc(NCC(=O)N2CCCCC2)n1. The Morgan fingerprint density at radius 3 is 2.81 bits per heavy atom. The Morgan fingerprint density at radius 2 is 2.19 bits per heavy atom. The number of carbonyl (C=O) groups is 1. The third kappa shape index (κ3) is 2.71. The lowest BCUT2D eigenvalue weighted by molar-refractivity contribution is -0.130. The van der Waals surface area contributed by atoms with E-state index in [1.54, 1.807) is 6.92 Å². The van der Waals surface area contributed by atoms with Gasteiger partial charge in [0.1, 0.15) is 0 Å². The van der Waals surface area contributed by atoms with E-state index in [-0.39, 0.29) is 12.5 Å². The van der Waals surface area contributed by atoms with Crippen LogP contribution in [0.2, 0.25) is 0 Å². The highest BCUT2D eigenvalue weighted by Gasteiger charge is 2.16. The lowest BCUT2D eigenvalue weighted by Crippen LogP contribution is -2.39. The monoisotopic (exact) mass is 224 g/mol.